The van der Waals surface area contributed by atoms with Gasteiger partial charge in [0.1, 0.15) is 12.4 Å². The van der Waals surface area contributed by atoms with E-state index in [0.29, 0.717) is 16.8 Å². The van der Waals surface area contributed by atoms with Crippen LogP contribution < -0.4 is 9.62 Å². The van der Waals surface area contributed by atoms with Gasteiger partial charge in [-0.15, -0.1) is 0 Å². The number of carbonyl (C=O) groups excluding carboxylic acids is 1. The van der Waals surface area contributed by atoms with Crippen LogP contribution in [0.25, 0.3) is 11.1 Å². The van der Waals surface area contributed by atoms with Crippen LogP contribution >= 0.6 is 0 Å². The summed E-state index contributed by atoms with van der Waals surface area (Å²) >= 11 is 0. The summed E-state index contributed by atoms with van der Waals surface area (Å²) in [5.41, 5.74) is 1.19. The van der Waals surface area contributed by atoms with Crippen molar-refractivity contribution in [2.24, 2.45) is 0 Å². The van der Waals surface area contributed by atoms with E-state index in [9.17, 15) is 17.6 Å². The molecule has 0 saturated heterocycles. The summed E-state index contributed by atoms with van der Waals surface area (Å²) in [4.78, 5) is 12.2. The molecule has 0 spiro atoms. The smallest absolute Gasteiger partial charge is 0.265 e. The fraction of sp³-hybridized carbons (Fsp3) is 0.235. The predicted octanol–water partition coefficient (Wildman–Crippen LogP) is 2.53. The van der Waals surface area contributed by atoms with Gasteiger partial charge in [0.25, 0.3) is 10.0 Å². The number of nitrogens with zero attached hydrogens (tertiary/aromatic N) is 1. The summed E-state index contributed by atoms with van der Waals surface area (Å²) in [5.74, 6) is -0.877. The molecule has 3 rings (SSSR count). The highest BCUT2D eigenvalue weighted by Crippen LogP contribution is 2.42. The van der Waals surface area contributed by atoms with Crippen LogP contribution in [0.15, 0.2) is 47.4 Å². The molecule has 1 aliphatic rings. The Labute approximate surface area is 140 Å². The number of halogens is 1. The van der Waals surface area contributed by atoms with Gasteiger partial charge in [-0.2, -0.15) is 0 Å². The Kier molecular flexibility index (Phi) is 4.04. The second-order valence-corrected chi connectivity index (χ2v) is 7.72. The van der Waals surface area contributed by atoms with Crippen molar-refractivity contribution >= 4 is 21.6 Å². The molecule has 0 atom stereocenters. The Bertz CT molecular complexity index is 910. The summed E-state index contributed by atoms with van der Waals surface area (Å²) in [6, 6.07) is 10.2. The van der Waals surface area contributed by atoms with E-state index < -0.39 is 21.7 Å². The molecule has 24 heavy (non-hydrogen) atoms. The van der Waals surface area contributed by atoms with Gasteiger partial charge in [-0.25, -0.2) is 12.8 Å². The summed E-state index contributed by atoms with van der Waals surface area (Å²) in [6.07, 6.45) is 0. The van der Waals surface area contributed by atoms with Crippen LogP contribution in [0.1, 0.15) is 13.8 Å². The highest BCUT2D eigenvalue weighted by molar-refractivity contribution is 7.93. The van der Waals surface area contributed by atoms with E-state index >= 15 is 0 Å². The van der Waals surface area contributed by atoms with E-state index in [4.69, 9.17) is 0 Å². The van der Waals surface area contributed by atoms with E-state index in [2.05, 4.69) is 5.32 Å². The lowest BCUT2D eigenvalue weighted by atomic mass is 10.0. The van der Waals surface area contributed by atoms with Crippen molar-refractivity contribution in [3.63, 3.8) is 0 Å². The Morgan fingerprint density at radius 1 is 1.17 bits per heavy atom. The van der Waals surface area contributed by atoms with E-state index in [1.165, 1.54) is 24.3 Å². The number of rotatable bonds is 3. The molecule has 126 valence electrons. The zero-order chi connectivity index (χ0) is 17.5. The molecule has 1 amide bonds. The van der Waals surface area contributed by atoms with Crippen molar-refractivity contribution in [2.45, 2.75) is 24.8 Å². The van der Waals surface area contributed by atoms with E-state index in [1.54, 1.807) is 32.0 Å². The first kappa shape index (κ1) is 16.4. The molecule has 0 bridgehead atoms. The lowest BCUT2D eigenvalue weighted by Gasteiger charge is -2.31. The minimum absolute atomic E-state index is 0.0699. The van der Waals surface area contributed by atoms with E-state index in [1.807, 2.05) is 0 Å². The predicted molar refractivity (Wildman–Crippen MR) is 89.6 cm³/mol. The maximum absolute atomic E-state index is 13.7. The molecule has 0 aliphatic carbocycles. The minimum Gasteiger partial charge on any atom is -0.352 e. The van der Waals surface area contributed by atoms with Crippen molar-refractivity contribution in [2.75, 3.05) is 10.8 Å². The number of hydrogen-bond acceptors (Lipinski definition) is 3. The Morgan fingerprint density at radius 2 is 1.88 bits per heavy atom. The molecule has 0 aromatic heterocycles. The van der Waals surface area contributed by atoms with Crippen LogP contribution in [0.5, 0.6) is 0 Å². The van der Waals surface area contributed by atoms with Crippen molar-refractivity contribution < 1.29 is 17.6 Å². The number of hydrogen-bond donors (Lipinski definition) is 1. The minimum atomic E-state index is -3.89. The third-order valence-corrected chi connectivity index (χ3v) is 5.53. The lowest BCUT2D eigenvalue weighted by Crippen LogP contribution is -2.44. The molecule has 2 aromatic carbocycles. The third-order valence-electron chi connectivity index (χ3n) is 3.71. The van der Waals surface area contributed by atoms with Gasteiger partial charge in [0, 0.05) is 17.2 Å². The maximum Gasteiger partial charge on any atom is 0.265 e. The molecule has 2 aromatic rings. The summed E-state index contributed by atoms with van der Waals surface area (Å²) in [5, 5.41) is 2.67. The zero-order valence-electron chi connectivity index (χ0n) is 13.3. The number of benzene rings is 2. The number of fused-ring (bicyclic) bond motifs is 3. The molecule has 0 saturated carbocycles. The first-order chi connectivity index (χ1) is 11.3. The topological polar surface area (TPSA) is 66.5 Å². The first-order valence-electron chi connectivity index (χ1n) is 7.52. The molecule has 5 nitrogen and oxygen atoms in total. The van der Waals surface area contributed by atoms with Crippen LogP contribution in [0.3, 0.4) is 0 Å². The van der Waals surface area contributed by atoms with Crippen LogP contribution in [0.2, 0.25) is 0 Å². The monoisotopic (exact) mass is 348 g/mol. The largest absolute Gasteiger partial charge is 0.352 e. The molecule has 7 heteroatoms. The van der Waals surface area contributed by atoms with Crippen molar-refractivity contribution in [3.05, 3.63) is 48.3 Å². The molecule has 1 heterocycles. The molecular weight excluding hydrogens is 331 g/mol. The van der Waals surface area contributed by atoms with Gasteiger partial charge in [0.15, 0.2) is 0 Å². The number of amides is 1. The van der Waals surface area contributed by atoms with Crippen LogP contribution in [-0.4, -0.2) is 26.9 Å². The van der Waals surface area contributed by atoms with Crippen molar-refractivity contribution in [3.8, 4) is 11.1 Å². The van der Waals surface area contributed by atoms with Gasteiger partial charge in [0.05, 0.1) is 10.6 Å². The highest BCUT2D eigenvalue weighted by Gasteiger charge is 2.36. The Morgan fingerprint density at radius 3 is 2.58 bits per heavy atom. The number of anilines is 1. The van der Waals surface area contributed by atoms with E-state index in [0.717, 1.165) is 4.31 Å². The van der Waals surface area contributed by atoms with Crippen LogP contribution in [0, 0.1) is 5.82 Å². The molecule has 0 fully saturated rings. The average Bonchev–Trinajstić information content (AvgIpc) is 2.51. The molecular formula is C17H17FN2O3S. The summed E-state index contributed by atoms with van der Waals surface area (Å²) < 4.78 is 40.6. The SMILES string of the molecule is CC(C)NC(=O)CN1c2ccc(F)cc2-c2ccccc2S1(=O)=O. The summed E-state index contributed by atoms with van der Waals surface area (Å²) in [6.45, 7) is 3.23. The lowest BCUT2D eigenvalue weighted by molar-refractivity contribution is -0.120. The second-order valence-electron chi connectivity index (χ2n) is 5.89. The van der Waals surface area contributed by atoms with Gasteiger partial charge >= 0.3 is 0 Å². The van der Waals surface area contributed by atoms with Gasteiger partial charge in [-0.3, -0.25) is 9.10 Å². The summed E-state index contributed by atoms with van der Waals surface area (Å²) in [7, 11) is -3.89. The van der Waals surface area contributed by atoms with E-state index in [-0.39, 0.29) is 17.5 Å². The molecule has 0 radical (unpaired) electrons. The number of carbonyl (C=O) groups is 1. The van der Waals surface area contributed by atoms with Crippen molar-refractivity contribution in [1.29, 1.82) is 0 Å². The van der Waals surface area contributed by atoms with Gasteiger partial charge in [-0.05, 0) is 38.1 Å². The first-order valence-corrected chi connectivity index (χ1v) is 8.96. The van der Waals surface area contributed by atoms with Gasteiger partial charge in [-0.1, -0.05) is 18.2 Å². The van der Waals surface area contributed by atoms with Crippen LogP contribution in [-0.2, 0) is 14.8 Å². The fourth-order valence-corrected chi connectivity index (χ4v) is 4.42. The molecule has 1 N–H and O–H groups in total. The maximum atomic E-state index is 13.7. The van der Waals surface area contributed by atoms with Crippen LogP contribution in [0.4, 0.5) is 10.1 Å². The fourth-order valence-electron chi connectivity index (χ4n) is 2.77. The van der Waals surface area contributed by atoms with Gasteiger partial charge in [0.2, 0.25) is 5.91 Å². The second kappa shape index (κ2) is 5.90. The van der Waals surface area contributed by atoms with Crippen molar-refractivity contribution in [1.82, 2.24) is 5.32 Å². The quantitative estimate of drug-likeness (QED) is 0.927. The van der Waals surface area contributed by atoms with Gasteiger partial charge < -0.3 is 5.32 Å². The third kappa shape index (κ3) is 2.75. The average molecular weight is 348 g/mol. The number of sulfonamides is 1. The molecule has 1 aliphatic heterocycles. The Hall–Kier alpha value is -2.41. The Balaban J connectivity index is 2.15. The zero-order valence-corrected chi connectivity index (χ0v) is 14.1. The molecule has 0 unspecified atom stereocenters. The highest BCUT2D eigenvalue weighted by atomic mass is 32.2. The number of nitrogens with one attached hydrogen (secondary N) is 1. The normalized spacial score (nSPS) is 14.9. The standard InChI is InChI=1S/C17H17FN2O3S/c1-11(2)19-17(21)10-20-15-8-7-12(18)9-14(15)13-5-3-4-6-16(13)24(20,22)23/h3-9,11H,10H2,1-2H3,(H,19,21).